The van der Waals surface area contributed by atoms with Gasteiger partial charge in [-0.2, -0.15) is 0 Å². The van der Waals surface area contributed by atoms with Gasteiger partial charge in [-0.3, -0.25) is 24.6 Å². The Morgan fingerprint density at radius 1 is 1.08 bits per heavy atom. The van der Waals surface area contributed by atoms with E-state index < -0.39 is 15.9 Å². The van der Waals surface area contributed by atoms with Crippen molar-refractivity contribution in [3.05, 3.63) is 104 Å². The second-order valence-corrected chi connectivity index (χ2v) is 11.8. The summed E-state index contributed by atoms with van der Waals surface area (Å²) in [5.74, 6) is 0.743. The Hall–Kier alpha value is -3.01. The van der Waals surface area contributed by atoms with E-state index in [9.17, 15) is 19.7 Å². The molecule has 7 nitrogen and oxygen atoms in total. The van der Waals surface area contributed by atoms with Crippen LogP contribution in [0.25, 0.3) is 0 Å². The molecule has 4 atom stereocenters. The van der Waals surface area contributed by atoms with E-state index in [1.165, 1.54) is 12.1 Å². The van der Waals surface area contributed by atoms with E-state index in [1.54, 1.807) is 17.8 Å². The van der Waals surface area contributed by atoms with Crippen LogP contribution in [0.3, 0.4) is 0 Å². The summed E-state index contributed by atoms with van der Waals surface area (Å²) in [6.07, 6.45) is 0.399. The number of nitro benzene ring substituents is 1. The largest absolute Gasteiger partial charge is 0.324 e. The second-order valence-electron chi connectivity index (χ2n) is 9.85. The van der Waals surface area contributed by atoms with Crippen LogP contribution in [0.1, 0.15) is 33.0 Å². The number of nitrogens with one attached hydrogen (secondary N) is 1. The van der Waals surface area contributed by atoms with Crippen LogP contribution < -0.4 is 5.32 Å². The van der Waals surface area contributed by atoms with Gasteiger partial charge in [-0.05, 0) is 35.7 Å². The van der Waals surface area contributed by atoms with E-state index in [2.05, 4.69) is 26.1 Å². The first-order valence-corrected chi connectivity index (χ1v) is 13.7. The second kappa shape index (κ2) is 7.50. The molecule has 1 aliphatic carbocycles. The van der Waals surface area contributed by atoms with Crippen molar-refractivity contribution in [3.8, 4) is 0 Å². The molecule has 1 N–H and O–H groups in total. The third-order valence-corrected chi connectivity index (χ3v) is 10.0. The molecule has 0 bridgehead atoms. The van der Waals surface area contributed by atoms with Crippen LogP contribution in [0.2, 0.25) is 0 Å². The number of carbonyl (C=O) groups is 2. The van der Waals surface area contributed by atoms with Gasteiger partial charge in [0.05, 0.1) is 10.3 Å². The molecule has 3 heterocycles. The van der Waals surface area contributed by atoms with Crippen LogP contribution in [-0.2, 0) is 16.8 Å². The number of thioether (sulfide) groups is 1. The van der Waals surface area contributed by atoms with Crippen molar-refractivity contribution < 1.29 is 14.5 Å². The van der Waals surface area contributed by atoms with Crippen LogP contribution in [0, 0.1) is 15.5 Å². The molecule has 2 saturated heterocycles. The normalized spacial score (nSPS) is 30.0. The number of nitrogens with zero attached hydrogens (tertiary/aromatic N) is 2. The molecule has 4 aliphatic rings. The minimum absolute atomic E-state index is 0.0556. The number of fused-ring (bicyclic) bond motifs is 6. The highest BCUT2D eigenvalue weighted by Crippen LogP contribution is 2.70. The Morgan fingerprint density at radius 3 is 2.61 bits per heavy atom. The maximum Gasteiger partial charge on any atom is 0.269 e. The van der Waals surface area contributed by atoms with Gasteiger partial charge in [0.15, 0.2) is 5.78 Å². The zero-order chi connectivity index (χ0) is 24.8. The average molecular weight is 562 g/mol. The molecule has 2 spiro atoms. The lowest BCUT2D eigenvalue weighted by Crippen LogP contribution is -2.58. The Morgan fingerprint density at radius 2 is 1.86 bits per heavy atom. The van der Waals surface area contributed by atoms with Gasteiger partial charge in [-0.15, -0.1) is 11.8 Å². The number of non-ortho nitro benzene ring substituents is 1. The number of rotatable bonds is 2. The lowest BCUT2D eigenvalue weighted by molar-refractivity contribution is -0.385. The summed E-state index contributed by atoms with van der Waals surface area (Å²) < 4.78 is 0.936. The lowest BCUT2D eigenvalue weighted by Gasteiger charge is -2.44. The maximum atomic E-state index is 14.7. The minimum Gasteiger partial charge on any atom is -0.324 e. The third-order valence-electron chi connectivity index (χ3n) is 8.46. The molecule has 9 heteroatoms. The Bertz CT molecular complexity index is 1490. The molecule has 3 aromatic carbocycles. The maximum absolute atomic E-state index is 14.7. The van der Waals surface area contributed by atoms with E-state index >= 15 is 0 Å². The number of ketones is 1. The van der Waals surface area contributed by atoms with Crippen molar-refractivity contribution in [1.29, 1.82) is 0 Å². The van der Waals surface area contributed by atoms with Crippen molar-refractivity contribution in [3.63, 3.8) is 0 Å². The van der Waals surface area contributed by atoms with Gasteiger partial charge in [0.2, 0.25) is 0 Å². The monoisotopic (exact) mass is 561 g/mol. The molecule has 3 aliphatic heterocycles. The zero-order valence-electron chi connectivity index (χ0n) is 18.9. The van der Waals surface area contributed by atoms with Crippen molar-refractivity contribution in [2.75, 3.05) is 16.9 Å². The van der Waals surface area contributed by atoms with E-state index in [1.807, 2.05) is 48.5 Å². The summed E-state index contributed by atoms with van der Waals surface area (Å²) >= 11 is 5.26. The number of benzene rings is 3. The number of carbonyl (C=O) groups excluding carboxylic acids is 2. The molecule has 36 heavy (non-hydrogen) atoms. The topological polar surface area (TPSA) is 92.5 Å². The highest BCUT2D eigenvalue weighted by Gasteiger charge is 2.79. The molecule has 0 radical (unpaired) electrons. The molecule has 7 rings (SSSR count). The predicted octanol–water partition coefficient (Wildman–Crippen LogP) is 5.10. The molecule has 0 unspecified atom stereocenters. The highest BCUT2D eigenvalue weighted by molar-refractivity contribution is 9.10. The van der Waals surface area contributed by atoms with E-state index in [-0.39, 0.29) is 29.3 Å². The molecule has 1 amide bonds. The summed E-state index contributed by atoms with van der Waals surface area (Å²) in [7, 11) is 0. The summed E-state index contributed by atoms with van der Waals surface area (Å²) in [5, 5.41) is 14.8. The van der Waals surface area contributed by atoms with Crippen LogP contribution in [-0.4, -0.2) is 39.2 Å². The number of anilines is 1. The molecule has 0 saturated carbocycles. The summed E-state index contributed by atoms with van der Waals surface area (Å²) in [5.41, 5.74) is 1.07. The van der Waals surface area contributed by atoms with Crippen molar-refractivity contribution in [1.82, 2.24) is 4.90 Å². The fourth-order valence-corrected chi connectivity index (χ4v) is 8.81. The number of nitro groups is 1. The summed E-state index contributed by atoms with van der Waals surface area (Å²) in [4.78, 5) is 42.5. The Kier molecular flexibility index (Phi) is 4.63. The molecule has 2 fully saturated rings. The minimum atomic E-state index is -1.35. The average Bonchev–Trinajstić information content (AvgIpc) is 3.58. The summed E-state index contributed by atoms with van der Waals surface area (Å²) in [6.45, 7) is 0. The van der Waals surface area contributed by atoms with Crippen molar-refractivity contribution in [2.24, 2.45) is 5.41 Å². The van der Waals surface area contributed by atoms with E-state index in [0.717, 1.165) is 21.4 Å². The molecule has 3 aromatic rings. The highest BCUT2D eigenvalue weighted by atomic mass is 79.9. The number of hydrogen-bond donors (Lipinski definition) is 1. The van der Waals surface area contributed by atoms with Gasteiger partial charge >= 0.3 is 0 Å². The van der Waals surface area contributed by atoms with Gasteiger partial charge in [0.25, 0.3) is 11.6 Å². The Balaban J connectivity index is 1.58. The van der Waals surface area contributed by atoms with Crippen LogP contribution in [0.15, 0.2) is 71.2 Å². The molecule has 0 aromatic heterocycles. The zero-order valence-corrected chi connectivity index (χ0v) is 21.3. The van der Waals surface area contributed by atoms with E-state index in [0.29, 0.717) is 29.1 Å². The first kappa shape index (κ1) is 22.2. The first-order chi connectivity index (χ1) is 17.4. The molecular formula is C27H20BrN3O4S. The van der Waals surface area contributed by atoms with Gasteiger partial charge < -0.3 is 5.32 Å². The van der Waals surface area contributed by atoms with Crippen LogP contribution in [0.5, 0.6) is 0 Å². The van der Waals surface area contributed by atoms with Crippen LogP contribution >= 0.6 is 27.7 Å². The number of Topliss-reactive ketones (excluding diaryl/α,β-unsaturated/α-hetero) is 1. The Labute approximate surface area is 219 Å². The van der Waals surface area contributed by atoms with Crippen molar-refractivity contribution >= 4 is 50.8 Å². The van der Waals surface area contributed by atoms with Crippen molar-refractivity contribution in [2.45, 2.75) is 23.9 Å². The third kappa shape index (κ3) is 2.53. The van der Waals surface area contributed by atoms with Gasteiger partial charge in [-0.1, -0.05) is 52.3 Å². The summed E-state index contributed by atoms with van der Waals surface area (Å²) in [6, 6.07) is 20.1. The standard InChI is InChI=1S/C27H20BrN3O4S/c28-17-7-5-15(6-8-17)23-22-13-36-14-30(22)27(26(23)12-16-3-1-2-4-19(16)24(26)32)20-11-18(31(34)35)9-10-21(20)29-25(27)33/h1-11,22-23H,12-14H2,(H,29,33)/t22-,23-,26-,27-/m0/s1. The smallest absolute Gasteiger partial charge is 0.269 e. The molecule has 180 valence electrons. The SMILES string of the molecule is O=C1Nc2ccc([N+](=O)[O-])cc2[C@]12N1CSC[C@H]1[C@H](c1ccc(Br)cc1)[C@]21Cc2ccccc2C1=O. The van der Waals surface area contributed by atoms with Crippen LogP contribution in [0.4, 0.5) is 11.4 Å². The fraction of sp³-hybridized carbons (Fsp3) is 0.259. The molecular weight excluding hydrogens is 542 g/mol. The number of hydrogen-bond acceptors (Lipinski definition) is 6. The van der Waals surface area contributed by atoms with Gasteiger partial charge in [0, 0.05) is 57.0 Å². The fourth-order valence-electron chi connectivity index (χ4n) is 7.24. The number of halogens is 1. The first-order valence-electron chi connectivity index (χ1n) is 11.7. The quantitative estimate of drug-likeness (QED) is 0.345. The van der Waals surface area contributed by atoms with Gasteiger partial charge in [0.1, 0.15) is 5.54 Å². The van der Waals surface area contributed by atoms with Gasteiger partial charge in [-0.25, -0.2) is 0 Å². The lowest BCUT2D eigenvalue weighted by atomic mass is 9.58. The number of amides is 1. The predicted molar refractivity (Wildman–Crippen MR) is 140 cm³/mol. The van der Waals surface area contributed by atoms with E-state index in [4.69, 9.17) is 0 Å².